The van der Waals surface area contributed by atoms with Gasteiger partial charge in [-0.1, -0.05) is 38.0 Å². The highest BCUT2D eigenvalue weighted by atomic mass is 28.4. The van der Waals surface area contributed by atoms with Crippen molar-refractivity contribution in [2.45, 2.75) is 38.9 Å². The van der Waals surface area contributed by atoms with Crippen molar-refractivity contribution in [1.29, 1.82) is 0 Å². The first-order valence-corrected chi connectivity index (χ1v) is 9.49. The fourth-order valence-corrected chi connectivity index (χ4v) is 4.04. The Bertz CT molecular complexity index is 490. The average molecular weight is 247 g/mol. The van der Waals surface area contributed by atoms with E-state index in [0.29, 0.717) is 0 Å². The van der Waals surface area contributed by atoms with Crippen LogP contribution in [0.25, 0.3) is 10.9 Å². The molecule has 0 aliphatic carbocycles. The molecule has 0 spiro atoms. The molecule has 2 nitrogen and oxygen atoms in total. The summed E-state index contributed by atoms with van der Waals surface area (Å²) in [6, 6.07) is 11.7. The summed E-state index contributed by atoms with van der Waals surface area (Å²) in [5, 5.41) is 1.24. The molecule has 1 aromatic carbocycles. The number of benzene rings is 1. The van der Waals surface area contributed by atoms with Gasteiger partial charge in [-0.25, -0.2) is 4.73 Å². The first kappa shape index (κ1) is 12.2. The minimum Gasteiger partial charge on any atom is -0.470 e. The standard InChI is InChI=1S/C14H21NOSi/c1-4-5-12-17(2,3)16-15-11-10-13-8-6-7-9-14(13)15/h6-11H,4-5,12H2,1-3H3. The molecule has 0 aliphatic heterocycles. The van der Waals surface area contributed by atoms with Crippen LogP contribution >= 0.6 is 0 Å². The van der Waals surface area contributed by atoms with Crippen LogP contribution < -0.4 is 4.53 Å². The lowest BCUT2D eigenvalue weighted by Crippen LogP contribution is -2.39. The van der Waals surface area contributed by atoms with Gasteiger partial charge in [-0.2, -0.15) is 0 Å². The smallest absolute Gasteiger partial charge is 0.279 e. The van der Waals surface area contributed by atoms with Crippen LogP contribution in [0.15, 0.2) is 36.5 Å². The van der Waals surface area contributed by atoms with Crippen LogP contribution in [0.4, 0.5) is 0 Å². The molecule has 1 aromatic heterocycles. The van der Waals surface area contributed by atoms with Crippen molar-refractivity contribution in [2.24, 2.45) is 0 Å². The predicted octanol–water partition coefficient (Wildman–Crippen LogP) is 4.08. The third kappa shape index (κ3) is 2.91. The lowest BCUT2D eigenvalue weighted by Gasteiger charge is -2.24. The van der Waals surface area contributed by atoms with Crippen LogP contribution in [0, 0.1) is 0 Å². The van der Waals surface area contributed by atoms with E-state index in [1.165, 1.54) is 29.8 Å². The van der Waals surface area contributed by atoms with Crippen LogP contribution in [-0.2, 0) is 0 Å². The number of unbranched alkanes of at least 4 members (excludes halogenated alkanes) is 1. The summed E-state index contributed by atoms with van der Waals surface area (Å²) in [5.41, 5.74) is 1.17. The fourth-order valence-electron chi connectivity index (χ4n) is 2.05. The van der Waals surface area contributed by atoms with E-state index in [2.05, 4.69) is 50.3 Å². The van der Waals surface area contributed by atoms with Crippen LogP contribution in [0.5, 0.6) is 0 Å². The summed E-state index contributed by atoms with van der Waals surface area (Å²) in [4.78, 5) is 0. The monoisotopic (exact) mass is 247 g/mol. The fraction of sp³-hybridized carbons (Fsp3) is 0.429. The summed E-state index contributed by atoms with van der Waals surface area (Å²) in [7, 11) is -1.58. The number of aromatic nitrogens is 1. The second kappa shape index (κ2) is 4.96. The summed E-state index contributed by atoms with van der Waals surface area (Å²) in [5.74, 6) is 0. The molecule has 0 N–H and O–H groups in total. The van der Waals surface area contributed by atoms with Crippen molar-refractivity contribution >= 4 is 19.2 Å². The highest BCUT2D eigenvalue weighted by Gasteiger charge is 2.25. The summed E-state index contributed by atoms with van der Waals surface area (Å²) in [6.45, 7) is 6.81. The molecule has 0 unspecified atom stereocenters. The topological polar surface area (TPSA) is 14.2 Å². The van der Waals surface area contributed by atoms with Crippen molar-refractivity contribution in [3.8, 4) is 0 Å². The number of rotatable bonds is 5. The number of nitrogens with zero attached hydrogens (tertiary/aromatic N) is 1. The maximum atomic E-state index is 6.21. The van der Waals surface area contributed by atoms with E-state index in [1.54, 1.807) is 0 Å². The normalized spacial score (nSPS) is 11.9. The largest absolute Gasteiger partial charge is 0.470 e. The third-order valence-corrected chi connectivity index (χ3v) is 5.29. The molecule has 1 heterocycles. The second-order valence-corrected chi connectivity index (χ2v) is 9.36. The quantitative estimate of drug-likeness (QED) is 0.726. The van der Waals surface area contributed by atoms with Crippen LogP contribution in [-0.4, -0.2) is 13.0 Å². The minimum atomic E-state index is -1.58. The van der Waals surface area contributed by atoms with Crippen LogP contribution in [0.1, 0.15) is 19.8 Å². The molecular weight excluding hydrogens is 226 g/mol. The van der Waals surface area contributed by atoms with Crippen LogP contribution in [0.2, 0.25) is 19.1 Å². The zero-order valence-corrected chi connectivity index (χ0v) is 11.9. The molecule has 0 aliphatic rings. The molecule has 0 fully saturated rings. The summed E-state index contributed by atoms with van der Waals surface area (Å²) >= 11 is 0. The zero-order chi connectivity index (χ0) is 12.3. The van der Waals surface area contributed by atoms with E-state index in [9.17, 15) is 0 Å². The number of hydrogen-bond donors (Lipinski definition) is 0. The maximum absolute atomic E-state index is 6.21. The van der Waals surface area contributed by atoms with Crippen molar-refractivity contribution in [3.63, 3.8) is 0 Å². The first-order chi connectivity index (χ1) is 8.12. The molecule has 3 heteroatoms. The Balaban J connectivity index is 2.18. The molecule has 0 bridgehead atoms. The second-order valence-electron chi connectivity index (χ2n) is 5.15. The van der Waals surface area contributed by atoms with E-state index in [1.807, 2.05) is 10.9 Å². The van der Waals surface area contributed by atoms with Crippen molar-refractivity contribution in [2.75, 3.05) is 0 Å². The van der Waals surface area contributed by atoms with Gasteiger partial charge in [0.25, 0.3) is 8.32 Å². The van der Waals surface area contributed by atoms with Crippen LogP contribution in [0.3, 0.4) is 0 Å². The average Bonchev–Trinajstić information content (AvgIpc) is 2.70. The third-order valence-electron chi connectivity index (χ3n) is 3.04. The van der Waals surface area contributed by atoms with Gasteiger partial charge in [-0.15, -0.1) is 0 Å². The van der Waals surface area contributed by atoms with Crippen molar-refractivity contribution in [3.05, 3.63) is 36.5 Å². The zero-order valence-electron chi connectivity index (χ0n) is 10.9. The van der Waals surface area contributed by atoms with E-state index in [4.69, 9.17) is 4.53 Å². The van der Waals surface area contributed by atoms with Gasteiger partial charge in [0.05, 0.1) is 5.52 Å². The Kier molecular flexibility index (Phi) is 3.57. The predicted molar refractivity (Wildman–Crippen MR) is 75.7 cm³/mol. The van der Waals surface area contributed by atoms with Gasteiger partial charge in [0, 0.05) is 11.6 Å². The molecule has 0 radical (unpaired) electrons. The molecule has 0 amide bonds. The number of hydrogen-bond acceptors (Lipinski definition) is 1. The molecular formula is C14H21NOSi. The van der Waals surface area contributed by atoms with Gasteiger partial charge in [0.2, 0.25) is 0 Å². The highest BCUT2D eigenvalue weighted by molar-refractivity contribution is 6.71. The van der Waals surface area contributed by atoms with Gasteiger partial charge in [0.15, 0.2) is 0 Å². The summed E-state index contributed by atoms with van der Waals surface area (Å²) in [6.07, 6.45) is 4.54. The van der Waals surface area contributed by atoms with E-state index >= 15 is 0 Å². The lowest BCUT2D eigenvalue weighted by atomic mass is 10.3. The Hall–Kier alpha value is -1.22. The molecule has 0 saturated heterocycles. The summed E-state index contributed by atoms with van der Waals surface area (Å²) < 4.78 is 8.17. The van der Waals surface area contributed by atoms with E-state index in [0.717, 1.165) is 0 Å². The van der Waals surface area contributed by atoms with E-state index in [-0.39, 0.29) is 0 Å². The Labute approximate surface area is 104 Å². The first-order valence-electron chi connectivity index (χ1n) is 6.38. The highest BCUT2D eigenvalue weighted by Crippen LogP contribution is 2.18. The lowest BCUT2D eigenvalue weighted by molar-refractivity contribution is 0.278. The Morgan fingerprint density at radius 3 is 2.71 bits per heavy atom. The molecule has 2 rings (SSSR count). The van der Waals surface area contributed by atoms with Crippen molar-refractivity contribution in [1.82, 2.24) is 4.73 Å². The molecule has 0 saturated carbocycles. The molecule has 92 valence electrons. The Morgan fingerprint density at radius 2 is 1.94 bits per heavy atom. The molecule has 2 aromatic rings. The molecule has 0 atom stereocenters. The van der Waals surface area contributed by atoms with Gasteiger partial charge in [-0.05, 0) is 31.3 Å². The van der Waals surface area contributed by atoms with Gasteiger partial charge >= 0.3 is 0 Å². The Morgan fingerprint density at radius 1 is 1.18 bits per heavy atom. The number of para-hydroxylation sites is 1. The van der Waals surface area contributed by atoms with Gasteiger partial charge in [0.1, 0.15) is 0 Å². The van der Waals surface area contributed by atoms with Gasteiger partial charge < -0.3 is 4.53 Å². The minimum absolute atomic E-state index is 1.17. The number of fused-ring (bicyclic) bond motifs is 1. The SMILES string of the molecule is CCCC[Si](C)(C)On1ccc2ccccc21. The molecule has 17 heavy (non-hydrogen) atoms. The van der Waals surface area contributed by atoms with Gasteiger partial charge in [-0.3, -0.25) is 0 Å². The van der Waals surface area contributed by atoms with E-state index < -0.39 is 8.32 Å². The maximum Gasteiger partial charge on any atom is 0.279 e. The van der Waals surface area contributed by atoms with Crippen molar-refractivity contribution < 1.29 is 4.53 Å².